The number of nitrogens with zero attached hydrogens (tertiary/aromatic N) is 1. The Labute approximate surface area is 140 Å². The number of aromatic amines is 1. The van der Waals surface area contributed by atoms with Crippen LogP contribution in [0.4, 0.5) is 5.69 Å². The van der Waals surface area contributed by atoms with Crippen LogP contribution in [0.25, 0.3) is 10.9 Å². The SMILES string of the molecule is Clc1cccc2c(Cc3ccc(N4CCOCC4)cc3)c[nH]c12. The molecule has 0 amide bonds. The summed E-state index contributed by atoms with van der Waals surface area (Å²) in [6.07, 6.45) is 2.97. The number of hydrogen-bond donors (Lipinski definition) is 1. The van der Waals surface area contributed by atoms with E-state index in [-0.39, 0.29) is 0 Å². The second-order valence-corrected chi connectivity index (χ2v) is 6.33. The highest BCUT2D eigenvalue weighted by Gasteiger charge is 2.11. The molecule has 0 radical (unpaired) electrons. The van der Waals surface area contributed by atoms with Gasteiger partial charge in [-0.25, -0.2) is 0 Å². The molecular weight excluding hydrogens is 308 g/mol. The van der Waals surface area contributed by atoms with E-state index in [2.05, 4.69) is 46.4 Å². The highest BCUT2D eigenvalue weighted by molar-refractivity contribution is 6.35. The first kappa shape index (κ1) is 14.6. The first-order valence-corrected chi connectivity index (χ1v) is 8.35. The van der Waals surface area contributed by atoms with Crippen LogP contribution in [-0.2, 0) is 11.2 Å². The van der Waals surface area contributed by atoms with Crippen LogP contribution >= 0.6 is 11.6 Å². The molecule has 0 atom stereocenters. The number of aromatic nitrogens is 1. The number of rotatable bonds is 3. The monoisotopic (exact) mass is 326 g/mol. The maximum Gasteiger partial charge on any atom is 0.0647 e. The maximum atomic E-state index is 6.23. The number of fused-ring (bicyclic) bond motifs is 1. The average molecular weight is 327 g/mol. The van der Waals surface area contributed by atoms with Gasteiger partial charge in [-0.2, -0.15) is 0 Å². The van der Waals surface area contributed by atoms with E-state index in [0.717, 1.165) is 43.3 Å². The van der Waals surface area contributed by atoms with E-state index >= 15 is 0 Å². The highest BCUT2D eigenvalue weighted by Crippen LogP contribution is 2.27. The molecule has 0 unspecified atom stereocenters. The second-order valence-electron chi connectivity index (χ2n) is 5.92. The Kier molecular flexibility index (Phi) is 3.98. The van der Waals surface area contributed by atoms with Gasteiger partial charge >= 0.3 is 0 Å². The molecule has 1 saturated heterocycles. The third-order valence-electron chi connectivity index (χ3n) is 4.46. The molecule has 4 rings (SSSR count). The summed E-state index contributed by atoms with van der Waals surface area (Å²) >= 11 is 6.23. The lowest BCUT2D eigenvalue weighted by molar-refractivity contribution is 0.122. The Hall–Kier alpha value is -1.97. The minimum atomic E-state index is 0.774. The summed E-state index contributed by atoms with van der Waals surface area (Å²) in [4.78, 5) is 5.66. The zero-order chi connectivity index (χ0) is 15.6. The number of ether oxygens (including phenoxy) is 1. The van der Waals surface area contributed by atoms with Gasteiger partial charge in [0.2, 0.25) is 0 Å². The van der Waals surface area contributed by atoms with Crippen molar-refractivity contribution in [1.82, 2.24) is 4.98 Å². The molecule has 0 bridgehead atoms. The van der Waals surface area contributed by atoms with Crippen molar-refractivity contribution in [2.75, 3.05) is 31.2 Å². The number of nitrogens with one attached hydrogen (secondary N) is 1. The Morgan fingerprint density at radius 2 is 1.83 bits per heavy atom. The van der Waals surface area contributed by atoms with Crippen molar-refractivity contribution in [2.24, 2.45) is 0 Å². The van der Waals surface area contributed by atoms with E-state index in [1.165, 1.54) is 22.2 Å². The number of H-pyrrole nitrogens is 1. The third-order valence-corrected chi connectivity index (χ3v) is 4.77. The summed E-state index contributed by atoms with van der Waals surface area (Å²) in [5.41, 5.74) is 4.89. The fourth-order valence-electron chi connectivity index (χ4n) is 3.19. The fraction of sp³-hybridized carbons (Fsp3) is 0.263. The summed E-state index contributed by atoms with van der Waals surface area (Å²) in [5, 5.41) is 1.98. The molecular formula is C19H19ClN2O. The van der Waals surface area contributed by atoms with Crippen LogP contribution in [0.3, 0.4) is 0 Å². The molecule has 0 spiro atoms. The van der Waals surface area contributed by atoms with Gasteiger partial charge < -0.3 is 14.6 Å². The summed E-state index contributed by atoms with van der Waals surface area (Å²) in [6.45, 7) is 3.58. The molecule has 1 fully saturated rings. The number of hydrogen-bond acceptors (Lipinski definition) is 2. The molecule has 3 aromatic rings. The molecule has 118 valence electrons. The Balaban J connectivity index is 1.55. The van der Waals surface area contributed by atoms with Crippen LogP contribution in [0.5, 0.6) is 0 Å². The normalized spacial score (nSPS) is 15.3. The molecule has 1 aliphatic heterocycles. The highest BCUT2D eigenvalue weighted by atomic mass is 35.5. The molecule has 0 aliphatic carbocycles. The zero-order valence-corrected chi connectivity index (χ0v) is 13.6. The molecule has 3 nitrogen and oxygen atoms in total. The smallest absolute Gasteiger partial charge is 0.0647 e. The lowest BCUT2D eigenvalue weighted by atomic mass is 10.0. The molecule has 1 aromatic heterocycles. The van der Waals surface area contributed by atoms with Crippen molar-refractivity contribution >= 4 is 28.2 Å². The quantitative estimate of drug-likeness (QED) is 0.779. The number of halogens is 1. The molecule has 1 aliphatic rings. The van der Waals surface area contributed by atoms with Gasteiger partial charge in [0.1, 0.15) is 0 Å². The summed E-state index contributed by atoms with van der Waals surface area (Å²) in [7, 11) is 0. The Morgan fingerprint density at radius 1 is 1.04 bits per heavy atom. The molecule has 2 aromatic carbocycles. The van der Waals surface area contributed by atoms with Crippen LogP contribution in [0, 0.1) is 0 Å². The van der Waals surface area contributed by atoms with E-state index < -0.39 is 0 Å². The van der Waals surface area contributed by atoms with Crippen LogP contribution in [0.1, 0.15) is 11.1 Å². The first-order valence-electron chi connectivity index (χ1n) is 7.97. The van der Waals surface area contributed by atoms with Gasteiger partial charge in [0.15, 0.2) is 0 Å². The van der Waals surface area contributed by atoms with E-state index in [4.69, 9.17) is 16.3 Å². The minimum Gasteiger partial charge on any atom is -0.378 e. The van der Waals surface area contributed by atoms with Crippen LogP contribution < -0.4 is 4.90 Å². The molecule has 0 saturated carbocycles. The summed E-state index contributed by atoms with van der Waals surface area (Å²) in [5.74, 6) is 0. The molecule has 2 heterocycles. The van der Waals surface area contributed by atoms with Gasteiger partial charge in [-0.05, 0) is 35.7 Å². The predicted molar refractivity (Wildman–Crippen MR) is 95.6 cm³/mol. The minimum absolute atomic E-state index is 0.774. The van der Waals surface area contributed by atoms with Gasteiger partial charge in [0.25, 0.3) is 0 Å². The maximum absolute atomic E-state index is 6.23. The van der Waals surface area contributed by atoms with E-state index in [1.54, 1.807) is 0 Å². The Bertz CT molecular complexity index is 804. The lowest BCUT2D eigenvalue weighted by Crippen LogP contribution is -2.36. The summed E-state index contributed by atoms with van der Waals surface area (Å²) < 4.78 is 5.41. The van der Waals surface area contributed by atoms with Crippen molar-refractivity contribution in [3.63, 3.8) is 0 Å². The third kappa shape index (κ3) is 2.94. The second kappa shape index (κ2) is 6.26. The zero-order valence-electron chi connectivity index (χ0n) is 12.9. The van der Waals surface area contributed by atoms with Crippen molar-refractivity contribution < 1.29 is 4.74 Å². The van der Waals surface area contributed by atoms with Crippen molar-refractivity contribution in [1.29, 1.82) is 0 Å². The average Bonchev–Trinajstić information content (AvgIpc) is 3.01. The van der Waals surface area contributed by atoms with E-state index in [9.17, 15) is 0 Å². The standard InChI is InChI=1S/C19H19ClN2O/c20-18-3-1-2-17-15(13-21-19(17)18)12-14-4-6-16(7-5-14)22-8-10-23-11-9-22/h1-7,13,21H,8-12H2. The fourth-order valence-corrected chi connectivity index (χ4v) is 3.42. The van der Waals surface area contributed by atoms with Gasteiger partial charge in [0, 0.05) is 30.4 Å². The Morgan fingerprint density at radius 3 is 2.61 bits per heavy atom. The number of anilines is 1. The summed E-state index contributed by atoms with van der Waals surface area (Å²) in [6, 6.07) is 14.9. The predicted octanol–water partition coefficient (Wildman–Crippen LogP) is 4.25. The number of morpholine rings is 1. The van der Waals surface area contributed by atoms with Gasteiger partial charge in [0.05, 0.1) is 23.8 Å². The topological polar surface area (TPSA) is 28.3 Å². The van der Waals surface area contributed by atoms with Crippen LogP contribution in [0.15, 0.2) is 48.7 Å². The first-order chi connectivity index (χ1) is 11.3. The molecule has 4 heteroatoms. The van der Waals surface area contributed by atoms with Crippen molar-refractivity contribution in [3.05, 3.63) is 64.8 Å². The number of benzene rings is 2. The van der Waals surface area contributed by atoms with Gasteiger partial charge in [-0.3, -0.25) is 0 Å². The molecule has 23 heavy (non-hydrogen) atoms. The van der Waals surface area contributed by atoms with Crippen molar-refractivity contribution in [3.8, 4) is 0 Å². The van der Waals surface area contributed by atoms with Gasteiger partial charge in [-0.1, -0.05) is 35.9 Å². The van der Waals surface area contributed by atoms with E-state index in [1.807, 2.05) is 12.1 Å². The molecule has 1 N–H and O–H groups in total. The van der Waals surface area contributed by atoms with Crippen molar-refractivity contribution in [2.45, 2.75) is 6.42 Å². The largest absolute Gasteiger partial charge is 0.378 e. The van der Waals surface area contributed by atoms with Crippen LogP contribution in [0.2, 0.25) is 5.02 Å². The van der Waals surface area contributed by atoms with E-state index in [0.29, 0.717) is 0 Å². The number of para-hydroxylation sites is 1. The van der Waals surface area contributed by atoms with Crippen LogP contribution in [-0.4, -0.2) is 31.3 Å². The van der Waals surface area contributed by atoms with Gasteiger partial charge in [-0.15, -0.1) is 0 Å². The lowest BCUT2D eigenvalue weighted by Gasteiger charge is -2.28.